The van der Waals surface area contributed by atoms with Gasteiger partial charge in [0.25, 0.3) is 0 Å². The molecule has 0 heterocycles. The van der Waals surface area contributed by atoms with Crippen molar-refractivity contribution in [2.45, 2.75) is 18.8 Å². The summed E-state index contributed by atoms with van der Waals surface area (Å²) in [7, 11) is 1.72. The first kappa shape index (κ1) is 14.1. The summed E-state index contributed by atoms with van der Waals surface area (Å²) in [4.78, 5) is 0. The Bertz CT molecular complexity index is 424. The molecule has 0 saturated heterocycles. The predicted molar refractivity (Wildman–Crippen MR) is 76.7 cm³/mol. The molecule has 1 aliphatic carbocycles. The van der Waals surface area contributed by atoms with E-state index in [-0.39, 0.29) is 5.41 Å². The second-order valence-corrected chi connectivity index (χ2v) is 5.90. The molecular formula is C14H19Cl2NO. The summed E-state index contributed by atoms with van der Waals surface area (Å²) in [5.41, 5.74) is 1.34. The van der Waals surface area contributed by atoms with E-state index in [0.717, 1.165) is 26.1 Å². The van der Waals surface area contributed by atoms with Gasteiger partial charge >= 0.3 is 0 Å². The maximum atomic E-state index is 6.29. The minimum absolute atomic E-state index is 0.169. The third kappa shape index (κ3) is 2.83. The molecule has 1 aromatic carbocycles. The number of nitrogens with one attached hydrogen (secondary N) is 1. The highest BCUT2D eigenvalue weighted by molar-refractivity contribution is 6.42. The van der Waals surface area contributed by atoms with Crippen LogP contribution in [0.25, 0.3) is 0 Å². The molecule has 0 amide bonds. The van der Waals surface area contributed by atoms with Crippen molar-refractivity contribution in [2.24, 2.45) is 5.92 Å². The number of benzene rings is 1. The molecule has 0 aromatic heterocycles. The lowest BCUT2D eigenvalue weighted by molar-refractivity contribution is 0.199. The summed E-state index contributed by atoms with van der Waals surface area (Å²) in [6, 6.07) is 5.90. The van der Waals surface area contributed by atoms with E-state index < -0.39 is 0 Å². The number of ether oxygens (including phenoxy) is 1. The van der Waals surface area contributed by atoms with Gasteiger partial charge in [0.1, 0.15) is 0 Å². The first-order valence-corrected chi connectivity index (χ1v) is 6.99. The van der Waals surface area contributed by atoms with Crippen LogP contribution in [-0.2, 0) is 10.2 Å². The van der Waals surface area contributed by atoms with E-state index in [1.165, 1.54) is 5.56 Å². The Hall–Kier alpha value is -0.280. The maximum absolute atomic E-state index is 6.29. The zero-order chi connectivity index (χ0) is 13.2. The van der Waals surface area contributed by atoms with Crippen molar-refractivity contribution in [3.63, 3.8) is 0 Å². The second kappa shape index (κ2) is 5.79. The minimum atomic E-state index is 0.169. The zero-order valence-electron chi connectivity index (χ0n) is 10.8. The van der Waals surface area contributed by atoms with E-state index in [1.807, 2.05) is 12.1 Å². The minimum Gasteiger partial charge on any atom is -0.383 e. The van der Waals surface area contributed by atoms with E-state index >= 15 is 0 Å². The smallest absolute Gasteiger partial charge is 0.0629 e. The number of rotatable bonds is 6. The van der Waals surface area contributed by atoms with Crippen molar-refractivity contribution < 1.29 is 4.74 Å². The van der Waals surface area contributed by atoms with Crippen molar-refractivity contribution in [1.82, 2.24) is 5.32 Å². The highest BCUT2D eigenvalue weighted by Gasteiger charge is 2.51. The van der Waals surface area contributed by atoms with E-state index in [4.69, 9.17) is 27.9 Å². The molecule has 2 nitrogen and oxygen atoms in total. The molecule has 1 N–H and O–H groups in total. The molecule has 2 atom stereocenters. The molecule has 0 aliphatic heterocycles. The van der Waals surface area contributed by atoms with E-state index in [2.05, 4.69) is 18.3 Å². The Morgan fingerprint density at radius 1 is 1.44 bits per heavy atom. The van der Waals surface area contributed by atoms with Gasteiger partial charge < -0.3 is 10.1 Å². The van der Waals surface area contributed by atoms with Gasteiger partial charge in [0, 0.05) is 13.7 Å². The topological polar surface area (TPSA) is 21.3 Å². The van der Waals surface area contributed by atoms with Gasteiger partial charge in [-0.05, 0) is 35.9 Å². The Kier molecular flexibility index (Phi) is 4.54. The maximum Gasteiger partial charge on any atom is 0.0629 e. The summed E-state index contributed by atoms with van der Waals surface area (Å²) >= 11 is 12.4. The van der Waals surface area contributed by atoms with Crippen LogP contribution in [0.1, 0.15) is 18.9 Å². The largest absolute Gasteiger partial charge is 0.383 e. The molecule has 0 bridgehead atoms. The standard InChI is InChI=1S/C14H19Cl2NO/c1-14(8-10(14)9-17-6-7-18-2)11-4-3-5-12(15)13(11)16/h3-5,10,17H,6-9H2,1-2H3. The highest BCUT2D eigenvalue weighted by atomic mass is 35.5. The summed E-state index contributed by atoms with van der Waals surface area (Å²) in [6.45, 7) is 4.91. The van der Waals surface area contributed by atoms with Crippen molar-refractivity contribution in [3.8, 4) is 0 Å². The fraction of sp³-hybridized carbons (Fsp3) is 0.571. The van der Waals surface area contributed by atoms with Crippen molar-refractivity contribution in [3.05, 3.63) is 33.8 Å². The average Bonchev–Trinajstić information content (AvgIpc) is 3.00. The molecule has 0 spiro atoms. The van der Waals surface area contributed by atoms with Gasteiger partial charge in [0.05, 0.1) is 16.7 Å². The van der Waals surface area contributed by atoms with Crippen molar-refractivity contribution in [1.29, 1.82) is 0 Å². The summed E-state index contributed by atoms with van der Waals surface area (Å²) < 4.78 is 5.01. The van der Waals surface area contributed by atoms with Crippen LogP contribution in [0.15, 0.2) is 18.2 Å². The SMILES string of the molecule is COCCNCC1CC1(C)c1cccc(Cl)c1Cl. The van der Waals surface area contributed by atoms with Gasteiger partial charge in [-0.25, -0.2) is 0 Å². The number of halogens is 2. The van der Waals surface area contributed by atoms with Crippen molar-refractivity contribution in [2.75, 3.05) is 26.8 Å². The number of hydrogen-bond donors (Lipinski definition) is 1. The molecule has 100 valence electrons. The highest BCUT2D eigenvalue weighted by Crippen LogP contribution is 2.56. The van der Waals surface area contributed by atoms with Gasteiger partial charge in [0.15, 0.2) is 0 Å². The van der Waals surface area contributed by atoms with Crippen LogP contribution in [0.2, 0.25) is 10.0 Å². The molecular weight excluding hydrogens is 269 g/mol. The monoisotopic (exact) mass is 287 g/mol. The van der Waals surface area contributed by atoms with Gasteiger partial charge in [0.2, 0.25) is 0 Å². The first-order chi connectivity index (χ1) is 8.59. The van der Waals surface area contributed by atoms with Crippen LogP contribution < -0.4 is 5.32 Å². The van der Waals surface area contributed by atoms with E-state index in [0.29, 0.717) is 16.0 Å². The Morgan fingerprint density at radius 3 is 2.94 bits per heavy atom. The molecule has 2 unspecified atom stereocenters. The van der Waals surface area contributed by atoms with Gasteiger partial charge in [-0.1, -0.05) is 42.3 Å². The fourth-order valence-electron chi connectivity index (χ4n) is 2.48. The first-order valence-electron chi connectivity index (χ1n) is 6.23. The predicted octanol–water partition coefficient (Wildman–Crippen LogP) is 3.51. The molecule has 1 saturated carbocycles. The van der Waals surface area contributed by atoms with Gasteiger partial charge in [-0.2, -0.15) is 0 Å². The van der Waals surface area contributed by atoms with Crippen LogP contribution in [0.3, 0.4) is 0 Å². The Morgan fingerprint density at radius 2 is 2.22 bits per heavy atom. The number of methoxy groups -OCH3 is 1. The molecule has 4 heteroatoms. The molecule has 0 radical (unpaired) electrons. The lowest BCUT2D eigenvalue weighted by atomic mass is 9.95. The second-order valence-electron chi connectivity index (χ2n) is 5.12. The van der Waals surface area contributed by atoms with Crippen LogP contribution in [0, 0.1) is 5.92 Å². The van der Waals surface area contributed by atoms with Crippen molar-refractivity contribution >= 4 is 23.2 Å². The van der Waals surface area contributed by atoms with Crippen LogP contribution in [-0.4, -0.2) is 26.8 Å². The van der Waals surface area contributed by atoms with E-state index in [1.54, 1.807) is 7.11 Å². The molecule has 1 fully saturated rings. The summed E-state index contributed by atoms with van der Waals surface area (Å²) in [6.07, 6.45) is 1.16. The average molecular weight is 288 g/mol. The molecule has 1 aromatic rings. The lowest BCUT2D eigenvalue weighted by Crippen LogP contribution is -2.24. The normalized spacial score (nSPS) is 26.3. The zero-order valence-corrected chi connectivity index (χ0v) is 12.3. The summed E-state index contributed by atoms with van der Waals surface area (Å²) in [5, 5.41) is 4.76. The quantitative estimate of drug-likeness (QED) is 0.809. The summed E-state index contributed by atoms with van der Waals surface area (Å²) in [5.74, 6) is 0.630. The molecule has 2 rings (SSSR count). The lowest BCUT2D eigenvalue weighted by Gasteiger charge is -2.15. The van der Waals surface area contributed by atoms with Crippen LogP contribution >= 0.6 is 23.2 Å². The third-order valence-corrected chi connectivity index (χ3v) is 4.67. The third-order valence-electron chi connectivity index (χ3n) is 3.85. The number of hydrogen-bond acceptors (Lipinski definition) is 2. The van der Waals surface area contributed by atoms with Gasteiger partial charge in [-0.15, -0.1) is 0 Å². The fourth-order valence-corrected chi connectivity index (χ4v) is 2.99. The van der Waals surface area contributed by atoms with Crippen LogP contribution in [0.4, 0.5) is 0 Å². The molecule has 18 heavy (non-hydrogen) atoms. The Labute approximate surface area is 119 Å². The Balaban J connectivity index is 1.96. The van der Waals surface area contributed by atoms with Crippen LogP contribution in [0.5, 0.6) is 0 Å². The molecule has 1 aliphatic rings. The van der Waals surface area contributed by atoms with E-state index in [9.17, 15) is 0 Å². The van der Waals surface area contributed by atoms with Gasteiger partial charge in [-0.3, -0.25) is 0 Å².